The molecule has 5 heteroatoms. The van der Waals surface area contributed by atoms with Gasteiger partial charge in [0.05, 0.1) is 5.69 Å². The first-order valence-corrected chi connectivity index (χ1v) is 7.89. The van der Waals surface area contributed by atoms with E-state index in [9.17, 15) is 0 Å². The maximum absolute atomic E-state index is 5.53. The van der Waals surface area contributed by atoms with E-state index in [1.165, 1.54) is 16.9 Å². The van der Waals surface area contributed by atoms with E-state index in [2.05, 4.69) is 46.7 Å². The summed E-state index contributed by atoms with van der Waals surface area (Å²) in [6.45, 7) is 5.89. The molecule has 4 nitrogen and oxygen atoms in total. The Hall–Kier alpha value is -2.40. The van der Waals surface area contributed by atoms with E-state index >= 15 is 0 Å². The van der Waals surface area contributed by atoms with Crippen LogP contribution in [0.5, 0.6) is 0 Å². The summed E-state index contributed by atoms with van der Waals surface area (Å²) in [5.41, 5.74) is 7.08. The molecular weight excluding hydrogens is 294 g/mol. The number of furan rings is 1. The third-order valence-electron chi connectivity index (χ3n) is 3.27. The number of hydrazone groups is 1. The third kappa shape index (κ3) is 3.26. The Bertz CT molecular complexity index is 799. The van der Waals surface area contributed by atoms with Gasteiger partial charge in [-0.2, -0.15) is 5.10 Å². The van der Waals surface area contributed by atoms with E-state index in [4.69, 9.17) is 4.42 Å². The molecule has 1 N–H and O–H groups in total. The Balaban J connectivity index is 1.73. The summed E-state index contributed by atoms with van der Waals surface area (Å²) < 4.78 is 5.53. The van der Waals surface area contributed by atoms with Gasteiger partial charge >= 0.3 is 0 Å². The van der Waals surface area contributed by atoms with Gasteiger partial charge in [0.1, 0.15) is 17.2 Å². The van der Waals surface area contributed by atoms with Crippen LogP contribution in [0.15, 0.2) is 51.3 Å². The van der Waals surface area contributed by atoms with Gasteiger partial charge in [-0.15, -0.1) is 11.3 Å². The molecule has 0 aliphatic heterocycles. The summed E-state index contributed by atoms with van der Waals surface area (Å²) in [6.07, 6.45) is 0. The van der Waals surface area contributed by atoms with Crippen molar-refractivity contribution in [3.63, 3.8) is 0 Å². The average Bonchev–Trinajstić information content (AvgIpc) is 3.15. The van der Waals surface area contributed by atoms with Gasteiger partial charge in [0.25, 0.3) is 0 Å². The number of aryl methyl sites for hydroxylation is 2. The van der Waals surface area contributed by atoms with Crippen LogP contribution in [0.25, 0.3) is 11.3 Å². The summed E-state index contributed by atoms with van der Waals surface area (Å²) in [5, 5.41) is 7.10. The van der Waals surface area contributed by atoms with Crippen LogP contribution in [0.4, 0.5) is 5.13 Å². The second-order valence-electron chi connectivity index (χ2n) is 5.12. The number of hydrogen-bond acceptors (Lipinski definition) is 5. The molecule has 2 heterocycles. The highest BCUT2D eigenvalue weighted by molar-refractivity contribution is 7.14. The molecule has 0 fully saturated rings. The molecule has 0 amide bonds. The molecule has 0 unspecified atom stereocenters. The largest absolute Gasteiger partial charge is 0.460 e. The molecule has 1 aromatic carbocycles. The van der Waals surface area contributed by atoms with Crippen molar-refractivity contribution in [2.24, 2.45) is 5.10 Å². The first kappa shape index (κ1) is 14.5. The topological polar surface area (TPSA) is 50.4 Å². The van der Waals surface area contributed by atoms with Crippen molar-refractivity contribution < 1.29 is 4.42 Å². The minimum Gasteiger partial charge on any atom is -0.460 e. The fourth-order valence-electron chi connectivity index (χ4n) is 2.00. The highest BCUT2D eigenvalue weighted by Crippen LogP contribution is 2.25. The van der Waals surface area contributed by atoms with Gasteiger partial charge in [-0.1, -0.05) is 29.8 Å². The average molecular weight is 311 g/mol. The molecule has 0 spiro atoms. The van der Waals surface area contributed by atoms with Gasteiger partial charge in [-0.3, -0.25) is 5.43 Å². The van der Waals surface area contributed by atoms with Crippen LogP contribution < -0.4 is 5.43 Å². The molecule has 0 saturated heterocycles. The van der Waals surface area contributed by atoms with E-state index in [0.29, 0.717) is 0 Å². The maximum Gasteiger partial charge on any atom is 0.203 e. The molecule has 112 valence electrons. The number of hydrogen-bond donors (Lipinski definition) is 1. The van der Waals surface area contributed by atoms with E-state index in [0.717, 1.165) is 33.6 Å². The van der Waals surface area contributed by atoms with Crippen molar-refractivity contribution in [3.8, 4) is 11.3 Å². The molecule has 0 saturated carbocycles. The van der Waals surface area contributed by atoms with Gasteiger partial charge in [-0.25, -0.2) is 4.98 Å². The van der Waals surface area contributed by atoms with Crippen LogP contribution in [0.3, 0.4) is 0 Å². The number of rotatable bonds is 4. The van der Waals surface area contributed by atoms with Crippen molar-refractivity contribution in [1.82, 2.24) is 4.98 Å². The second-order valence-corrected chi connectivity index (χ2v) is 5.98. The number of nitrogens with one attached hydrogen (secondary N) is 1. The number of aromatic nitrogens is 1. The zero-order valence-corrected chi connectivity index (χ0v) is 13.6. The lowest BCUT2D eigenvalue weighted by Crippen LogP contribution is -1.97. The Morgan fingerprint density at radius 2 is 1.91 bits per heavy atom. The summed E-state index contributed by atoms with van der Waals surface area (Å²) in [7, 11) is 0. The van der Waals surface area contributed by atoms with Crippen molar-refractivity contribution in [1.29, 1.82) is 0 Å². The Morgan fingerprint density at radius 3 is 2.59 bits per heavy atom. The van der Waals surface area contributed by atoms with Crippen LogP contribution in [-0.2, 0) is 0 Å². The van der Waals surface area contributed by atoms with E-state index in [1.807, 2.05) is 31.4 Å². The predicted molar refractivity (Wildman–Crippen MR) is 91.6 cm³/mol. The Morgan fingerprint density at radius 1 is 1.14 bits per heavy atom. The van der Waals surface area contributed by atoms with Crippen molar-refractivity contribution in [3.05, 3.63) is 58.9 Å². The zero-order valence-electron chi connectivity index (χ0n) is 12.8. The molecule has 3 rings (SSSR count). The SMILES string of the molecule is C/C(=N/Nc1nc(-c2ccc(C)cc2)cs1)c1ccc(C)o1. The minimum absolute atomic E-state index is 0.762. The molecule has 0 radical (unpaired) electrons. The van der Waals surface area contributed by atoms with Crippen LogP contribution in [-0.4, -0.2) is 10.7 Å². The molecule has 0 atom stereocenters. The highest BCUT2D eigenvalue weighted by atomic mass is 32.1. The maximum atomic E-state index is 5.53. The van der Waals surface area contributed by atoms with E-state index in [-0.39, 0.29) is 0 Å². The van der Waals surface area contributed by atoms with Gasteiger partial charge < -0.3 is 4.42 Å². The fourth-order valence-corrected chi connectivity index (χ4v) is 2.66. The van der Waals surface area contributed by atoms with Crippen LogP contribution in [0, 0.1) is 13.8 Å². The Labute approximate surface area is 133 Å². The summed E-state index contributed by atoms with van der Waals surface area (Å²) >= 11 is 1.53. The molecule has 2 aromatic heterocycles. The zero-order chi connectivity index (χ0) is 15.5. The smallest absolute Gasteiger partial charge is 0.203 e. The van der Waals surface area contributed by atoms with Gasteiger partial charge in [0, 0.05) is 10.9 Å². The Kier molecular flexibility index (Phi) is 4.06. The third-order valence-corrected chi connectivity index (χ3v) is 4.01. The lowest BCUT2D eigenvalue weighted by Gasteiger charge is -1.98. The quantitative estimate of drug-likeness (QED) is 0.553. The number of nitrogens with zero attached hydrogens (tertiary/aromatic N) is 2. The number of benzene rings is 1. The van der Waals surface area contributed by atoms with E-state index in [1.54, 1.807) is 0 Å². The lowest BCUT2D eigenvalue weighted by molar-refractivity contribution is 0.525. The summed E-state index contributed by atoms with van der Waals surface area (Å²) in [6, 6.07) is 12.2. The summed E-state index contributed by atoms with van der Waals surface area (Å²) in [4.78, 5) is 4.55. The van der Waals surface area contributed by atoms with Gasteiger partial charge in [0.2, 0.25) is 5.13 Å². The van der Waals surface area contributed by atoms with Gasteiger partial charge in [0.15, 0.2) is 0 Å². The van der Waals surface area contributed by atoms with Gasteiger partial charge in [-0.05, 0) is 32.9 Å². The summed E-state index contributed by atoms with van der Waals surface area (Å²) in [5.74, 6) is 1.64. The van der Waals surface area contributed by atoms with Crippen LogP contribution in [0.2, 0.25) is 0 Å². The minimum atomic E-state index is 0.762. The van der Waals surface area contributed by atoms with Crippen molar-refractivity contribution in [2.45, 2.75) is 20.8 Å². The lowest BCUT2D eigenvalue weighted by atomic mass is 10.1. The first-order chi connectivity index (χ1) is 10.6. The molecule has 0 aliphatic rings. The second kappa shape index (κ2) is 6.15. The molecule has 3 aromatic rings. The molecule has 0 bridgehead atoms. The molecular formula is C17H17N3OS. The molecule has 22 heavy (non-hydrogen) atoms. The van der Waals surface area contributed by atoms with Crippen LogP contribution in [0.1, 0.15) is 24.0 Å². The van der Waals surface area contributed by atoms with Crippen LogP contribution >= 0.6 is 11.3 Å². The monoisotopic (exact) mass is 311 g/mol. The standard InChI is InChI=1S/C17H17N3OS/c1-11-4-7-14(8-5-11)15-10-22-17(18-15)20-19-13(3)16-9-6-12(2)21-16/h4-10H,1-3H3,(H,18,20)/b19-13-. The van der Waals surface area contributed by atoms with Crippen molar-refractivity contribution >= 4 is 22.2 Å². The predicted octanol–water partition coefficient (Wildman–Crippen LogP) is 4.86. The first-order valence-electron chi connectivity index (χ1n) is 7.01. The van der Waals surface area contributed by atoms with Crippen molar-refractivity contribution in [2.75, 3.05) is 5.43 Å². The number of thiazole rings is 1. The number of anilines is 1. The molecule has 0 aliphatic carbocycles. The highest BCUT2D eigenvalue weighted by Gasteiger charge is 2.05. The fraction of sp³-hybridized carbons (Fsp3) is 0.176. The normalized spacial score (nSPS) is 11.7. The van der Waals surface area contributed by atoms with E-state index < -0.39 is 0 Å².